The summed E-state index contributed by atoms with van der Waals surface area (Å²) in [5.74, 6) is -1.13. The molecule has 6 heteroatoms. The third-order valence-electron chi connectivity index (χ3n) is 4.70. The molecule has 6 nitrogen and oxygen atoms in total. The van der Waals surface area contributed by atoms with Gasteiger partial charge in [-0.25, -0.2) is 0 Å². The zero-order valence-electron chi connectivity index (χ0n) is 13.8. The van der Waals surface area contributed by atoms with Crippen molar-refractivity contribution >= 4 is 11.7 Å². The molecule has 128 valence electrons. The van der Waals surface area contributed by atoms with Crippen LogP contribution in [0.3, 0.4) is 0 Å². The molecule has 2 aliphatic heterocycles. The van der Waals surface area contributed by atoms with Crippen LogP contribution >= 0.6 is 0 Å². The highest BCUT2D eigenvalue weighted by Gasteiger charge is 2.42. The summed E-state index contributed by atoms with van der Waals surface area (Å²) in [5, 5.41) is 10.2. The van der Waals surface area contributed by atoms with Crippen LogP contribution < -0.4 is 4.90 Å². The van der Waals surface area contributed by atoms with Crippen molar-refractivity contribution in [2.45, 2.75) is 13.0 Å². The zero-order valence-corrected chi connectivity index (χ0v) is 13.8. The minimum absolute atomic E-state index is 0.197. The summed E-state index contributed by atoms with van der Waals surface area (Å²) in [6, 6.07) is 8.90. The molecule has 1 unspecified atom stereocenters. The fraction of sp³-hybridized carbons (Fsp3) is 0.444. The number of aliphatic hydroxyl groups excluding tert-OH is 1. The van der Waals surface area contributed by atoms with Crippen LogP contribution in [0.5, 0.6) is 0 Å². The van der Waals surface area contributed by atoms with Gasteiger partial charge in [-0.15, -0.1) is 0 Å². The first-order chi connectivity index (χ1) is 11.6. The number of ether oxygens (including phenoxy) is 1. The number of morpholine rings is 1. The molecule has 0 aromatic heterocycles. The van der Waals surface area contributed by atoms with Crippen molar-refractivity contribution in [2.24, 2.45) is 0 Å². The summed E-state index contributed by atoms with van der Waals surface area (Å²) >= 11 is 0. The molecule has 0 spiro atoms. The normalized spacial score (nSPS) is 22.3. The standard InChI is InChI=1S/C18H22N2O4/c1-13(21)15-16(14-5-3-2-4-6-14)20(18(23)17(15)22)8-7-19-9-11-24-12-10-19/h2-6,16,22H,7-12H2,1H3/p+1. The first kappa shape index (κ1) is 16.7. The van der Waals surface area contributed by atoms with Gasteiger partial charge in [0.15, 0.2) is 11.5 Å². The van der Waals surface area contributed by atoms with E-state index in [1.807, 2.05) is 30.3 Å². The molecule has 1 saturated heterocycles. The Morgan fingerprint density at radius 3 is 2.58 bits per heavy atom. The summed E-state index contributed by atoms with van der Waals surface area (Å²) in [5.41, 5.74) is 1.04. The lowest BCUT2D eigenvalue weighted by Crippen LogP contribution is -3.14. The smallest absolute Gasteiger partial charge is 0.290 e. The summed E-state index contributed by atoms with van der Waals surface area (Å²) < 4.78 is 5.35. The predicted octanol–water partition coefficient (Wildman–Crippen LogP) is -0.114. The number of Topliss-reactive ketones (excluding diaryl/α,β-unsaturated/α-hetero) is 1. The van der Waals surface area contributed by atoms with E-state index in [1.165, 1.54) is 11.8 Å². The lowest BCUT2D eigenvalue weighted by molar-refractivity contribution is -0.907. The molecular formula is C18H23N2O4+. The molecule has 0 saturated carbocycles. The molecule has 1 aromatic carbocycles. The van der Waals surface area contributed by atoms with Gasteiger partial charge in [0.1, 0.15) is 13.1 Å². The van der Waals surface area contributed by atoms with E-state index in [2.05, 4.69) is 0 Å². The van der Waals surface area contributed by atoms with E-state index in [-0.39, 0.29) is 11.4 Å². The Morgan fingerprint density at radius 1 is 1.29 bits per heavy atom. The Labute approximate surface area is 141 Å². The molecule has 24 heavy (non-hydrogen) atoms. The van der Waals surface area contributed by atoms with Crippen LogP contribution in [0.2, 0.25) is 0 Å². The number of benzene rings is 1. The van der Waals surface area contributed by atoms with E-state index >= 15 is 0 Å². The number of carbonyl (C=O) groups excluding carboxylic acids is 2. The highest BCUT2D eigenvalue weighted by Crippen LogP contribution is 2.37. The molecular weight excluding hydrogens is 308 g/mol. The predicted molar refractivity (Wildman–Crippen MR) is 87.6 cm³/mol. The second kappa shape index (κ2) is 7.15. The summed E-state index contributed by atoms with van der Waals surface area (Å²) in [6.07, 6.45) is 0. The van der Waals surface area contributed by atoms with E-state index in [4.69, 9.17) is 4.74 Å². The highest BCUT2D eigenvalue weighted by molar-refractivity contribution is 6.08. The Morgan fingerprint density at radius 2 is 1.96 bits per heavy atom. The van der Waals surface area contributed by atoms with Gasteiger partial charge in [0.25, 0.3) is 5.91 Å². The summed E-state index contributed by atoms with van der Waals surface area (Å²) in [6.45, 7) is 5.95. The van der Waals surface area contributed by atoms with Crippen molar-refractivity contribution in [1.29, 1.82) is 0 Å². The molecule has 1 aromatic rings. The zero-order chi connectivity index (χ0) is 17.1. The van der Waals surface area contributed by atoms with Gasteiger partial charge in [-0.3, -0.25) is 9.59 Å². The third-order valence-corrected chi connectivity index (χ3v) is 4.70. The maximum absolute atomic E-state index is 12.5. The first-order valence-electron chi connectivity index (χ1n) is 8.31. The van der Waals surface area contributed by atoms with Gasteiger partial charge in [-0.2, -0.15) is 0 Å². The monoisotopic (exact) mass is 331 g/mol. The fourth-order valence-corrected chi connectivity index (χ4v) is 3.41. The highest BCUT2D eigenvalue weighted by atomic mass is 16.5. The second-order valence-corrected chi connectivity index (χ2v) is 6.24. The van der Waals surface area contributed by atoms with Gasteiger partial charge >= 0.3 is 0 Å². The number of quaternary nitrogens is 1. The van der Waals surface area contributed by atoms with E-state index in [0.717, 1.165) is 38.4 Å². The quantitative estimate of drug-likeness (QED) is 0.790. The van der Waals surface area contributed by atoms with Crippen molar-refractivity contribution in [3.8, 4) is 0 Å². The molecule has 3 rings (SSSR count). The van der Waals surface area contributed by atoms with Crippen molar-refractivity contribution in [3.63, 3.8) is 0 Å². The number of rotatable bonds is 5. The molecule has 2 heterocycles. The van der Waals surface area contributed by atoms with Gasteiger partial charge < -0.3 is 19.6 Å². The Kier molecular flexibility index (Phi) is 4.97. The van der Waals surface area contributed by atoms with Crippen molar-refractivity contribution in [2.75, 3.05) is 39.4 Å². The topological polar surface area (TPSA) is 71.3 Å². The van der Waals surface area contributed by atoms with E-state index < -0.39 is 17.7 Å². The van der Waals surface area contributed by atoms with Crippen LogP contribution in [-0.4, -0.2) is 61.1 Å². The van der Waals surface area contributed by atoms with Gasteiger partial charge in [-0.05, 0) is 12.5 Å². The number of hydrogen-bond acceptors (Lipinski definition) is 4. The first-order valence-corrected chi connectivity index (χ1v) is 8.31. The van der Waals surface area contributed by atoms with E-state index in [0.29, 0.717) is 6.54 Å². The number of nitrogens with zero attached hydrogens (tertiary/aromatic N) is 1. The maximum Gasteiger partial charge on any atom is 0.290 e. The van der Waals surface area contributed by atoms with E-state index in [9.17, 15) is 14.7 Å². The van der Waals surface area contributed by atoms with E-state index in [1.54, 1.807) is 4.90 Å². The molecule has 1 amide bonds. The molecule has 1 fully saturated rings. The molecule has 0 radical (unpaired) electrons. The number of hydrogen-bond donors (Lipinski definition) is 2. The number of amides is 1. The molecule has 0 bridgehead atoms. The lowest BCUT2D eigenvalue weighted by Gasteiger charge is -2.29. The Hall–Kier alpha value is -2.18. The Balaban J connectivity index is 1.83. The van der Waals surface area contributed by atoms with Crippen LogP contribution in [0.25, 0.3) is 0 Å². The van der Waals surface area contributed by atoms with Gasteiger partial charge in [0.2, 0.25) is 0 Å². The Bertz CT molecular complexity index is 650. The summed E-state index contributed by atoms with van der Waals surface area (Å²) in [7, 11) is 0. The number of ketones is 1. The number of aliphatic hydroxyl groups is 1. The third kappa shape index (κ3) is 3.20. The van der Waals surface area contributed by atoms with Crippen LogP contribution in [0.1, 0.15) is 18.5 Å². The largest absolute Gasteiger partial charge is 0.503 e. The van der Waals surface area contributed by atoms with Gasteiger partial charge in [0.05, 0.1) is 37.9 Å². The molecule has 0 aliphatic carbocycles. The average molecular weight is 331 g/mol. The number of nitrogens with one attached hydrogen (secondary N) is 1. The number of carbonyl (C=O) groups is 2. The van der Waals surface area contributed by atoms with Crippen LogP contribution in [0.4, 0.5) is 0 Å². The average Bonchev–Trinajstić information content (AvgIpc) is 2.86. The minimum atomic E-state index is -0.503. The lowest BCUT2D eigenvalue weighted by atomic mass is 9.97. The van der Waals surface area contributed by atoms with Crippen LogP contribution in [-0.2, 0) is 14.3 Å². The fourth-order valence-electron chi connectivity index (χ4n) is 3.41. The van der Waals surface area contributed by atoms with Crippen LogP contribution in [0, 0.1) is 0 Å². The van der Waals surface area contributed by atoms with Crippen molar-refractivity contribution < 1.29 is 24.3 Å². The second-order valence-electron chi connectivity index (χ2n) is 6.24. The minimum Gasteiger partial charge on any atom is -0.503 e. The van der Waals surface area contributed by atoms with Crippen molar-refractivity contribution in [1.82, 2.24) is 4.90 Å². The maximum atomic E-state index is 12.5. The molecule has 2 aliphatic rings. The van der Waals surface area contributed by atoms with Gasteiger partial charge in [0, 0.05) is 0 Å². The molecule has 1 atom stereocenters. The SMILES string of the molecule is CC(=O)C1=C(O)C(=O)N(CC[NH+]2CCOCC2)C1c1ccccc1. The van der Waals surface area contributed by atoms with Crippen molar-refractivity contribution in [3.05, 3.63) is 47.2 Å². The molecule has 2 N–H and O–H groups in total. The van der Waals surface area contributed by atoms with Crippen LogP contribution in [0.15, 0.2) is 41.7 Å². The van der Waals surface area contributed by atoms with Gasteiger partial charge in [-0.1, -0.05) is 30.3 Å². The summed E-state index contributed by atoms with van der Waals surface area (Å²) in [4.78, 5) is 27.5.